The highest BCUT2D eigenvalue weighted by Gasteiger charge is 2.53. The van der Waals surface area contributed by atoms with Crippen molar-refractivity contribution in [2.75, 3.05) is 19.7 Å². The number of likely N-dealkylation sites (tertiary alicyclic amines) is 2. The molecule has 4 rings (SSSR count). The fourth-order valence-corrected chi connectivity index (χ4v) is 7.75. The molecule has 1 saturated carbocycles. The Bertz CT molecular complexity index is 1390. The van der Waals surface area contributed by atoms with Crippen LogP contribution in [0.4, 0.5) is 13.2 Å². The number of halogens is 3. The van der Waals surface area contributed by atoms with Gasteiger partial charge in [-0.2, -0.15) is 5.26 Å². The first kappa shape index (κ1) is 37.1. The highest BCUT2D eigenvalue weighted by molar-refractivity contribution is 7.92. The number of alkyl halides is 3. The lowest BCUT2D eigenvalue weighted by Crippen LogP contribution is -2.62. The summed E-state index contributed by atoms with van der Waals surface area (Å²) in [6.07, 6.45) is -0.268. The molecule has 0 radical (unpaired) electrons. The monoisotopic (exact) mass is 672 g/mol. The molecule has 1 aliphatic carbocycles. The fourth-order valence-electron chi connectivity index (χ4n) is 5.94. The molecule has 1 aromatic carbocycles. The number of ether oxygens (including phenoxy) is 2. The van der Waals surface area contributed by atoms with Crippen molar-refractivity contribution in [3.63, 3.8) is 0 Å². The van der Waals surface area contributed by atoms with Gasteiger partial charge in [0.25, 0.3) is 0 Å². The average molecular weight is 673 g/mol. The largest absolute Gasteiger partial charge is 0.573 e. The van der Waals surface area contributed by atoms with E-state index in [9.17, 15) is 41.2 Å². The molecule has 1 aromatic rings. The first-order valence-electron chi connectivity index (χ1n) is 15.6. The number of carbonyl (C=O) groups is 3. The van der Waals surface area contributed by atoms with Gasteiger partial charge in [-0.1, -0.05) is 38.8 Å². The molecule has 3 aliphatic rings. The fraction of sp³-hybridized carbons (Fsp3) is 0.677. The molecule has 46 heavy (non-hydrogen) atoms. The van der Waals surface area contributed by atoms with E-state index in [1.165, 1.54) is 24.0 Å². The Hall–Kier alpha value is -3.38. The van der Waals surface area contributed by atoms with Crippen molar-refractivity contribution >= 4 is 27.6 Å². The highest BCUT2D eigenvalue weighted by Crippen LogP contribution is 2.39. The lowest BCUT2D eigenvalue weighted by Gasteiger charge is -2.47. The molecule has 0 bridgehead atoms. The van der Waals surface area contributed by atoms with Crippen LogP contribution in [0, 0.1) is 11.3 Å². The van der Waals surface area contributed by atoms with Crippen LogP contribution in [0.2, 0.25) is 0 Å². The third-order valence-electron chi connectivity index (χ3n) is 8.40. The number of esters is 1. The summed E-state index contributed by atoms with van der Waals surface area (Å²) in [5.41, 5.74) is -1.04. The summed E-state index contributed by atoms with van der Waals surface area (Å²) in [6, 6.07) is 5.02. The SMILES string of the molecule is CCCC(CCC)N1CCC1C(=O)N1C[C@H](S(=O)(=O)c2ccccc2OC(F)(F)F)C[C@H]1C(=O)NC1(C#N)CC1.CCOC(C)=O. The zero-order valence-corrected chi connectivity index (χ0v) is 27.5. The van der Waals surface area contributed by atoms with Gasteiger partial charge in [-0.05, 0) is 57.6 Å². The highest BCUT2D eigenvalue weighted by atomic mass is 32.2. The Morgan fingerprint density at radius 3 is 2.20 bits per heavy atom. The first-order chi connectivity index (χ1) is 21.6. The predicted octanol–water partition coefficient (Wildman–Crippen LogP) is 4.11. The lowest BCUT2D eigenvalue weighted by atomic mass is 9.93. The number of amides is 2. The second-order valence-corrected chi connectivity index (χ2v) is 14.0. The summed E-state index contributed by atoms with van der Waals surface area (Å²) in [7, 11) is -4.45. The summed E-state index contributed by atoms with van der Waals surface area (Å²) >= 11 is 0. The molecule has 0 aromatic heterocycles. The Morgan fingerprint density at radius 2 is 1.74 bits per heavy atom. The Balaban J connectivity index is 0.000000875. The van der Waals surface area contributed by atoms with Crippen LogP contribution < -0.4 is 10.1 Å². The summed E-state index contributed by atoms with van der Waals surface area (Å²) in [6.45, 7) is 8.15. The number of carbonyl (C=O) groups excluding carboxylic acids is 3. The van der Waals surface area contributed by atoms with Crippen molar-refractivity contribution in [2.24, 2.45) is 0 Å². The van der Waals surface area contributed by atoms with Crippen molar-refractivity contribution < 1.29 is 45.4 Å². The third kappa shape index (κ3) is 9.12. The Labute approximate surface area is 268 Å². The Kier molecular flexibility index (Phi) is 12.5. The van der Waals surface area contributed by atoms with Gasteiger partial charge in [-0.25, -0.2) is 8.42 Å². The van der Waals surface area contributed by atoms with Gasteiger partial charge < -0.3 is 19.7 Å². The van der Waals surface area contributed by atoms with E-state index < -0.39 is 55.6 Å². The molecular formula is C31H43F3N4O7S. The van der Waals surface area contributed by atoms with E-state index in [-0.39, 0.29) is 30.9 Å². The molecule has 0 spiro atoms. The molecule has 15 heteroatoms. The van der Waals surface area contributed by atoms with Gasteiger partial charge in [0.2, 0.25) is 11.8 Å². The zero-order chi connectivity index (χ0) is 34.3. The minimum Gasteiger partial charge on any atom is -0.466 e. The van der Waals surface area contributed by atoms with Crippen LogP contribution in [0.15, 0.2) is 29.2 Å². The lowest BCUT2D eigenvalue weighted by molar-refractivity contribution is -0.275. The quantitative estimate of drug-likeness (QED) is 0.324. The molecule has 3 atom stereocenters. The summed E-state index contributed by atoms with van der Waals surface area (Å²) in [5, 5.41) is 10.8. The summed E-state index contributed by atoms with van der Waals surface area (Å²) < 4.78 is 74.7. The number of nitrogens with zero attached hydrogens (tertiary/aromatic N) is 3. The van der Waals surface area contributed by atoms with E-state index in [0.29, 0.717) is 32.4 Å². The minimum absolute atomic E-state index is 0.187. The minimum atomic E-state index is -5.11. The first-order valence-corrected chi connectivity index (χ1v) is 17.2. The van der Waals surface area contributed by atoms with Gasteiger partial charge in [0.15, 0.2) is 9.84 Å². The van der Waals surface area contributed by atoms with Gasteiger partial charge in [0.1, 0.15) is 22.2 Å². The second kappa shape index (κ2) is 15.5. The van der Waals surface area contributed by atoms with E-state index >= 15 is 0 Å². The van der Waals surface area contributed by atoms with Crippen LogP contribution in [0.3, 0.4) is 0 Å². The van der Waals surface area contributed by atoms with Gasteiger partial charge in [-0.3, -0.25) is 19.3 Å². The van der Waals surface area contributed by atoms with Crippen LogP contribution in [0.1, 0.15) is 79.1 Å². The molecule has 3 fully saturated rings. The maximum atomic E-state index is 13.9. The second-order valence-electron chi connectivity index (χ2n) is 11.8. The van der Waals surface area contributed by atoms with Crippen LogP contribution in [0.5, 0.6) is 5.75 Å². The molecule has 11 nitrogen and oxygen atoms in total. The van der Waals surface area contributed by atoms with Crippen LogP contribution in [0.25, 0.3) is 0 Å². The van der Waals surface area contributed by atoms with E-state index in [0.717, 1.165) is 37.8 Å². The molecule has 2 heterocycles. The molecule has 256 valence electrons. The Morgan fingerprint density at radius 1 is 1.11 bits per heavy atom. The van der Waals surface area contributed by atoms with Gasteiger partial charge in [0.05, 0.1) is 24.0 Å². The normalized spacial score (nSPS) is 22.2. The number of nitriles is 1. The van der Waals surface area contributed by atoms with Crippen molar-refractivity contribution in [1.29, 1.82) is 5.26 Å². The van der Waals surface area contributed by atoms with Gasteiger partial charge in [-0.15, -0.1) is 13.2 Å². The summed E-state index contributed by atoms with van der Waals surface area (Å²) in [5.74, 6) is -2.08. The molecule has 1 unspecified atom stereocenters. The van der Waals surface area contributed by atoms with Gasteiger partial charge >= 0.3 is 12.3 Å². The maximum absolute atomic E-state index is 13.9. The zero-order valence-electron chi connectivity index (χ0n) is 26.6. The number of nitrogens with one attached hydrogen (secondary N) is 1. The van der Waals surface area contributed by atoms with Crippen LogP contribution in [-0.2, 0) is 29.0 Å². The van der Waals surface area contributed by atoms with E-state index in [1.54, 1.807) is 6.92 Å². The van der Waals surface area contributed by atoms with Crippen molar-refractivity contribution in [2.45, 2.75) is 119 Å². The molecule has 2 amide bonds. The van der Waals surface area contributed by atoms with Crippen molar-refractivity contribution in [3.8, 4) is 11.8 Å². The smallest absolute Gasteiger partial charge is 0.466 e. The van der Waals surface area contributed by atoms with Crippen molar-refractivity contribution in [1.82, 2.24) is 15.1 Å². The van der Waals surface area contributed by atoms with Crippen LogP contribution >= 0.6 is 0 Å². The van der Waals surface area contributed by atoms with Crippen LogP contribution in [-0.4, -0.2) is 91.0 Å². The molecular weight excluding hydrogens is 629 g/mol. The van der Waals surface area contributed by atoms with E-state index in [4.69, 9.17) is 0 Å². The van der Waals surface area contributed by atoms with E-state index in [2.05, 4.69) is 39.6 Å². The van der Waals surface area contributed by atoms with Gasteiger partial charge in [0, 0.05) is 26.1 Å². The number of rotatable bonds is 12. The predicted molar refractivity (Wildman–Crippen MR) is 161 cm³/mol. The average Bonchev–Trinajstić information content (AvgIpc) is 3.56. The number of hydrogen-bond donors (Lipinski definition) is 1. The topological polar surface area (TPSA) is 146 Å². The molecule has 2 saturated heterocycles. The molecule has 1 N–H and O–H groups in total. The molecule has 2 aliphatic heterocycles. The van der Waals surface area contributed by atoms with Crippen molar-refractivity contribution in [3.05, 3.63) is 24.3 Å². The summed E-state index contributed by atoms with van der Waals surface area (Å²) in [4.78, 5) is 39.7. The number of para-hydroxylation sites is 1. The number of sulfone groups is 1. The standard InChI is InChI=1S/C27H35F3N4O5S.C4H8O2/c1-3-7-18(8-4-2)33-14-11-20(33)25(36)34-16-19(15-21(34)24(35)32-26(17-31)12-13-26)40(37,38)23-10-6-5-9-22(23)39-27(28,29)30;1-3-6-4(2)5/h5-6,9-10,18-21H,3-4,7-8,11-16H2,1-2H3,(H,32,35);3H2,1-2H3/t19-,20?,21+;/m1./s1. The third-order valence-corrected chi connectivity index (χ3v) is 10.6. The number of benzene rings is 1. The number of hydrogen-bond acceptors (Lipinski definition) is 9. The van der Waals surface area contributed by atoms with E-state index in [1.807, 2.05) is 0 Å². The maximum Gasteiger partial charge on any atom is 0.573 e.